The van der Waals surface area contributed by atoms with Gasteiger partial charge in [-0.1, -0.05) is 36.4 Å². The third-order valence-corrected chi connectivity index (χ3v) is 5.78. The van der Waals surface area contributed by atoms with Gasteiger partial charge in [0.25, 0.3) is 0 Å². The molecule has 0 bridgehead atoms. The van der Waals surface area contributed by atoms with Gasteiger partial charge in [-0.3, -0.25) is 4.90 Å². The number of nitrogens with zero attached hydrogens (tertiary/aromatic N) is 3. The van der Waals surface area contributed by atoms with Gasteiger partial charge >= 0.3 is 0 Å². The van der Waals surface area contributed by atoms with Gasteiger partial charge in [-0.05, 0) is 35.7 Å². The summed E-state index contributed by atoms with van der Waals surface area (Å²) in [5.41, 5.74) is 4.06. The Bertz CT molecular complexity index is 1060. The fourth-order valence-electron chi connectivity index (χ4n) is 3.47. The lowest BCUT2D eigenvalue weighted by molar-refractivity contribution is 0.185. The summed E-state index contributed by atoms with van der Waals surface area (Å²) in [4.78, 5) is 3.53. The van der Waals surface area contributed by atoms with Crippen LogP contribution < -0.4 is 4.74 Å². The van der Waals surface area contributed by atoms with Gasteiger partial charge in [-0.15, -0.1) is 11.3 Å². The number of benzene rings is 2. The molecule has 0 atom stereocenters. The zero-order valence-electron chi connectivity index (χ0n) is 16.9. The van der Waals surface area contributed by atoms with Gasteiger partial charge in [0, 0.05) is 41.8 Å². The molecule has 0 spiro atoms. The van der Waals surface area contributed by atoms with Crippen LogP contribution in [0.3, 0.4) is 0 Å². The summed E-state index contributed by atoms with van der Waals surface area (Å²) in [6, 6.07) is 22.3. The number of thiophene rings is 1. The van der Waals surface area contributed by atoms with E-state index in [-0.39, 0.29) is 6.61 Å². The van der Waals surface area contributed by atoms with Crippen LogP contribution in [0.5, 0.6) is 5.75 Å². The molecule has 0 saturated carbocycles. The quantitative estimate of drug-likeness (QED) is 0.431. The number of aromatic nitrogens is 2. The maximum absolute atomic E-state index is 9.61. The Morgan fingerprint density at radius 2 is 1.90 bits per heavy atom. The molecule has 4 aromatic rings. The fourth-order valence-corrected chi connectivity index (χ4v) is 4.22. The van der Waals surface area contributed by atoms with Gasteiger partial charge in [-0.25, -0.2) is 4.68 Å². The molecule has 0 aliphatic heterocycles. The molecule has 154 valence electrons. The molecule has 0 amide bonds. The molecule has 0 radical (unpaired) electrons. The smallest absolute Gasteiger partial charge is 0.119 e. The summed E-state index contributed by atoms with van der Waals surface area (Å²) >= 11 is 1.73. The van der Waals surface area contributed by atoms with Crippen molar-refractivity contribution in [1.29, 1.82) is 0 Å². The Hall–Kier alpha value is -2.93. The Labute approximate surface area is 180 Å². The Kier molecular flexibility index (Phi) is 6.59. The predicted octanol–water partition coefficient (Wildman–Crippen LogP) is 4.60. The van der Waals surface area contributed by atoms with Gasteiger partial charge in [-0.2, -0.15) is 5.10 Å². The highest BCUT2D eigenvalue weighted by atomic mass is 32.1. The maximum atomic E-state index is 9.61. The molecule has 1 N–H and O–H groups in total. The van der Waals surface area contributed by atoms with E-state index in [9.17, 15) is 5.11 Å². The lowest BCUT2D eigenvalue weighted by Gasteiger charge is -2.20. The molecule has 0 aliphatic carbocycles. The highest BCUT2D eigenvalue weighted by molar-refractivity contribution is 7.09. The molecule has 0 fully saturated rings. The normalized spacial score (nSPS) is 11.2. The summed E-state index contributed by atoms with van der Waals surface area (Å²) < 4.78 is 7.34. The molecule has 6 heteroatoms. The van der Waals surface area contributed by atoms with E-state index >= 15 is 0 Å². The minimum absolute atomic E-state index is 0.118. The van der Waals surface area contributed by atoms with Crippen LogP contribution in [0.15, 0.2) is 78.3 Å². The molecule has 2 aromatic heterocycles. The van der Waals surface area contributed by atoms with E-state index in [1.54, 1.807) is 18.4 Å². The second-order valence-corrected chi connectivity index (χ2v) is 8.06. The topological polar surface area (TPSA) is 50.5 Å². The molecule has 2 aromatic carbocycles. The van der Waals surface area contributed by atoms with E-state index in [4.69, 9.17) is 9.84 Å². The zero-order chi connectivity index (χ0) is 20.8. The van der Waals surface area contributed by atoms with Crippen LogP contribution in [0.1, 0.15) is 10.4 Å². The summed E-state index contributed by atoms with van der Waals surface area (Å²) in [5, 5.41) is 16.6. The number of hydrogen-bond acceptors (Lipinski definition) is 5. The second kappa shape index (κ2) is 9.71. The molecule has 0 aliphatic rings. The number of ether oxygens (including phenoxy) is 1. The van der Waals surface area contributed by atoms with Crippen LogP contribution in [0.25, 0.3) is 16.9 Å². The zero-order valence-corrected chi connectivity index (χ0v) is 17.8. The van der Waals surface area contributed by atoms with Crippen molar-refractivity contribution in [1.82, 2.24) is 14.7 Å². The van der Waals surface area contributed by atoms with E-state index in [0.717, 1.165) is 34.8 Å². The van der Waals surface area contributed by atoms with Crippen molar-refractivity contribution in [3.05, 3.63) is 88.7 Å². The lowest BCUT2D eigenvalue weighted by Crippen LogP contribution is -2.25. The van der Waals surface area contributed by atoms with Crippen molar-refractivity contribution < 1.29 is 9.84 Å². The van der Waals surface area contributed by atoms with Crippen LogP contribution in [0.2, 0.25) is 0 Å². The first-order chi connectivity index (χ1) is 14.8. The SMILES string of the molecule is COc1cccc(-c2nn(-c3ccccc3)cc2CN(CCO)Cc2cccs2)c1. The number of aliphatic hydroxyl groups excluding tert-OH is 1. The third kappa shape index (κ3) is 4.79. The molecule has 2 heterocycles. The van der Waals surface area contributed by atoms with Gasteiger partial charge in [0.1, 0.15) is 5.75 Å². The monoisotopic (exact) mass is 419 g/mol. The average Bonchev–Trinajstić information content (AvgIpc) is 3.45. The van der Waals surface area contributed by atoms with Crippen LogP contribution in [0, 0.1) is 0 Å². The second-order valence-electron chi connectivity index (χ2n) is 7.03. The molecule has 0 saturated heterocycles. The van der Waals surface area contributed by atoms with Crippen molar-refractivity contribution >= 4 is 11.3 Å². The Morgan fingerprint density at radius 1 is 1.03 bits per heavy atom. The molecule has 4 rings (SSSR count). The molecule has 5 nitrogen and oxygen atoms in total. The minimum atomic E-state index is 0.118. The average molecular weight is 420 g/mol. The Balaban J connectivity index is 1.71. The van der Waals surface area contributed by atoms with E-state index < -0.39 is 0 Å². The lowest BCUT2D eigenvalue weighted by atomic mass is 10.1. The summed E-state index contributed by atoms with van der Waals surface area (Å²) in [6.07, 6.45) is 2.09. The standard InChI is InChI=1S/C24H25N3O2S/c1-29-22-10-5-7-19(15-22)24-20(17-27(25-24)21-8-3-2-4-9-21)16-26(12-13-28)18-23-11-6-14-30-23/h2-11,14-15,17,28H,12-13,16,18H2,1H3. The summed E-state index contributed by atoms with van der Waals surface area (Å²) in [5.74, 6) is 0.804. The predicted molar refractivity (Wildman–Crippen MR) is 121 cm³/mol. The third-order valence-electron chi connectivity index (χ3n) is 4.92. The van der Waals surface area contributed by atoms with E-state index in [2.05, 4.69) is 34.7 Å². The molecular formula is C24H25N3O2S. The number of rotatable bonds is 9. The largest absolute Gasteiger partial charge is 0.497 e. The van der Waals surface area contributed by atoms with Crippen LogP contribution in [-0.4, -0.2) is 40.0 Å². The van der Waals surface area contributed by atoms with Crippen molar-refractivity contribution in [3.63, 3.8) is 0 Å². The maximum Gasteiger partial charge on any atom is 0.119 e. The van der Waals surface area contributed by atoms with Crippen molar-refractivity contribution in [2.75, 3.05) is 20.3 Å². The fraction of sp³-hybridized carbons (Fsp3) is 0.208. The number of methoxy groups -OCH3 is 1. The van der Waals surface area contributed by atoms with Gasteiger partial charge in [0.05, 0.1) is 25.1 Å². The minimum Gasteiger partial charge on any atom is -0.497 e. The summed E-state index contributed by atoms with van der Waals surface area (Å²) in [6.45, 7) is 2.21. The van der Waals surface area contributed by atoms with Gasteiger partial charge in [0.15, 0.2) is 0 Å². The van der Waals surface area contributed by atoms with Gasteiger partial charge in [0.2, 0.25) is 0 Å². The highest BCUT2D eigenvalue weighted by Crippen LogP contribution is 2.28. The molecule has 0 unspecified atom stereocenters. The van der Waals surface area contributed by atoms with Crippen molar-refractivity contribution in [2.45, 2.75) is 13.1 Å². The summed E-state index contributed by atoms with van der Waals surface area (Å²) in [7, 11) is 1.67. The highest BCUT2D eigenvalue weighted by Gasteiger charge is 2.17. The molecule has 30 heavy (non-hydrogen) atoms. The van der Waals surface area contributed by atoms with Crippen LogP contribution >= 0.6 is 11.3 Å². The van der Waals surface area contributed by atoms with Crippen molar-refractivity contribution in [2.24, 2.45) is 0 Å². The number of hydrogen-bond donors (Lipinski definition) is 1. The number of aliphatic hydroxyl groups is 1. The first-order valence-corrected chi connectivity index (χ1v) is 10.8. The van der Waals surface area contributed by atoms with Crippen LogP contribution in [0.4, 0.5) is 0 Å². The van der Waals surface area contributed by atoms with Crippen LogP contribution in [-0.2, 0) is 13.1 Å². The van der Waals surface area contributed by atoms with Crippen molar-refractivity contribution in [3.8, 4) is 22.7 Å². The number of para-hydroxylation sites is 1. The first kappa shape index (κ1) is 20.3. The first-order valence-electron chi connectivity index (χ1n) is 9.91. The van der Waals surface area contributed by atoms with E-state index in [1.807, 2.05) is 53.2 Å². The Morgan fingerprint density at radius 3 is 2.63 bits per heavy atom. The molecular weight excluding hydrogens is 394 g/mol. The van der Waals surface area contributed by atoms with E-state index in [0.29, 0.717) is 13.1 Å². The van der Waals surface area contributed by atoms with Gasteiger partial charge < -0.3 is 9.84 Å². The van der Waals surface area contributed by atoms with E-state index in [1.165, 1.54) is 4.88 Å².